The third kappa shape index (κ3) is 4.38. The van der Waals surface area contributed by atoms with E-state index in [0.29, 0.717) is 17.9 Å². The molecule has 0 unspecified atom stereocenters. The molecule has 3 rings (SSSR count). The number of hydrogen-bond acceptors (Lipinski definition) is 3. The average Bonchev–Trinajstić information content (AvgIpc) is 2.67. The quantitative estimate of drug-likeness (QED) is 0.835. The highest BCUT2D eigenvalue weighted by Crippen LogP contribution is 2.27. The molecule has 0 aliphatic heterocycles. The predicted octanol–water partition coefficient (Wildman–Crippen LogP) is 4.08. The second kappa shape index (κ2) is 8.15. The van der Waals surface area contributed by atoms with E-state index in [1.54, 1.807) is 6.07 Å². The smallest absolute Gasteiger partial charge is 0.328 e. The molecule has 0 saturated heterocycles. The number of amides is 1. The van der Waals surface area contributed by atoms with Gasteiger partial charge in [-0.15, -0.1) is 0 Å². The van der Waals surface area contributed by atoms with Crippen molar-refractivity contribution < 1.29 is 14.3 Å². The molecule has 1 atom stereocenters. The van der Waals surface area contributed by atoms with Gasteiger partial charge in [0.25, 0.3) is 5.91 Å². The Hall–Kier alpha value is -2.36. The number of carbonyl (C=O) groups is 2. The normalized spacial score (nSPS) is 16.4. The summed E-state index contributed by atoms with van der Waals surface area (Å²) in [6.07, 6.45) is 6.59. The van der Waals surface area contributed by atoms with E-state index < -0.39 is 6.04 Å². The highest BCUT2D eigenvalue weighted by molar-refractivity contribution is 6.00. The van der Waals surface area contributed by atoms with Crippen molar-refractivity contribution in [3.63, 3.8) is 0 Å². The first-order valence-electron chi connectivity index (χ1n) is 9.05. The minimum Gasteiger partial charge on any atom is -0.467 e. The van der Waals surface area contributed by atoms with Crippen molar-refractivity contribution in [3.05, 3.63) is 48.0 Å². The predicted molar refractivity (Wildman–Crippen MR) is 98.4 cm³/mol. The number of methoxy groups -OCH3 is 1. The Balaban J connectivity index is 1.72. The lowest BCUT2D eigenvalue weighted by molar-refractivity contribution is -0.143. The topological polar surface area (TPSA) is 55.4 Å². The van der Waals surface area contributed by atoms with Crippen LogP contribution in [0.25, 0.3) is 10.8 Å². The Kier molecular flexibility index (Phi) is 5.69. The summed E-state index contributed by atoms with van der Waals surface area (Å²) in [4.78, 5) is 24.8. The highest BCUT2D eigenvalue weighted by atomic mass is 16.5. The lowest BCUT2D eigenvalue weighted by atomic mass is 9.84. The Morgan fingerprint density at radius 3 is 2.52 bits per heavy atom. The van der Waals surface area contributed by atoms with Gasteiger partial charge in [-0.3, -0.25) is 4.79 Å². The van der Waals surface area contributed by atoms with Crippen molar-refractivity contribution in [3.8, 4) is 0 Å². The first-order valence-corrected chi connectivity index (χ1v) is 9.05. The molecule has 1 fully saturated rings. The summed E-state index contributed by atoms with van der Waals surface area (Å²) < 4.78 is 4.91. The van der Waals surface area contributed by atoms with Gasteiger partial charge in [0, 0.05) is 5.56 Å². The average molecular weight is 339 g/mol. The molecular formula is C21H25NO3. The van der Waals surface area contributed by atoms with Gasteiger partial charge in [0.15, 0.2) is 0 Å². The second-order valence-electron chi connectivity index (χ2n) is 6.85. The zero-order chi connectivity index (χ0) is 17.6. The number of hydrogen-bond donors (Lipinski definition) is 1. The maximum atomic E-state index is 12.6. The van der Waals surface area contributed by atoms with Crippen LogP contribution >= 0.6 is 0 Å². The summed E-state index contributed by atoms with van der Waals surface area (Å²) in [6, 6.07) is 12.9. The van der Waals surface area contributed by atoms with Gasteiger partial charge in [-0.05, 0) is 35.2 Å². The number of carbonyl (C=O) groups excluding carboxylic acids is 2. The van der Waals surface area contributed by atoms with E-state index in [0.717, 1.165) is 23.6 Å². The minimum absolute atomic E-state index is 0.225. The summed E-state index contributed by atoms with van der Waals surface area (Å²) >= 11 is 0. The molecule has 4 heteroatoms. The zero-order valence-corrected chi connectivity index (χ0v) is 14.7. The van der Waals surface area contributed by atoms with E-state index in [1.807, 2.05) is 36.4 Å². The van der Waals surface area contributed by atoms with Crippen molar-refractivity contribution in [1.29, 1.82) is 0 Å². The van der Waals surface area contributed by atoms with Crippen molar-refractivity contribution >= 4 is 22.6 Å². The van der Waals surface area contributed by atoms with E-state index in [4.69, 9.17) is 4.74 Å². The standard InChI is InChI=1S/C21H25NO3/c1-25-21(24)19(13-15-7-3-2-4-8-15)22-20(23)18-12-11-16-9-5-6-10-17(16)14-18/h5-6,9-12,14-15,19H,2-4,7-8,13H2,1H3,(H,22,23)/t19-/m0/s1. The van der Waals surface area contributed by atoms with Crippen LogP contribution in [0.1, 0.15) is 48.9 Å². The molecule has 2 aromatic rings. The first-order chi connectivity index (χ1) is 12.2. The van der Waals surface area contributed by atoms with Crippen molar-refractivity contribution in [2.75, 3.05) is 7.11 Å². The lowest BCUT2D eigenvalue weighted by Gasteiger charge is -2.25. The number of esters is 1. The van der Waals surface area contributed by atoms with E-state index in [-0.39, 0.29) is 11.9 Å². The van der Waals surface area contributed by atoms with E-state index in [9.17, 15) is 9.59 Å². The molecule has 1 N–H and O–H groups in total. The minimum atomic E-state index is -0.577. The van der Waals surface area contributed by atoms with Gasteiger partial charge in [0.1, 0.15) is 6.04 Å². The van der Waals surface area contributed by atoms with Gasteiger partial charge in [0.2, 0.25) is 0 Å². The van der Waals surface area contributed by atoms with Gasteiger partial charge in [-0.2, -0.15) is 0 Å². The molecule has 0 bridgehead atoms. The Labute approximate surface area is 148 Å². The fourth-order valence-corrected chi connectivity index (χ4v) is 3.68. The van der Waals surface area contributed by atoms with Crippen molar-refractivity contribution in [1.82, 2.24) is 5.32 Å². The van der Waals surface area contributed by atoms with Crippen LogP contribution in [0.15, 0.2) is 42.5 Å². The van der Waals surface area contributed by atoms with Gasteiger partial charge >= 0.3 is 5.97 Å². The van der Waals surface area contributed by atoms with Gasteiger partial charge in [-0.25, -0.2) is 4.79 Å². The third-order valence-electron chi connectivity index (χ3n) is 5.10. The maximum Gasteiger partial charge on any atom is 0.328 e. The molecule has 25 heavy (non-hydrogen) atoms. The van der Waals surface area contributed by atoms with E-state index in [2.05, 4.69) is 5.32 Å². The zero-order valence-electron chi connectivity index (χ0n) is 14.7. The van der Waals surface area contributed by atoms with Gasteiger partial charge in [-0.1, -0.05) is 62.4 Å². The van der Waals surface area contributed by atoms with Crippen LogP contribution in [0, 0.1) is 5.92 Å². The molecule has 0 aromatic heterocycles. The SMILES string of the molecule is COC(=O)[C@H](CC1CCCCC1)NC(=O)c1ccc2ccccc2c1. The summed E-state index contributed by atoms with van der Waals surface area (Å²) in [7, 11) is 1.37. The van der Waals surface area contributed by atoms with Crippen molar-refractivity contribution in [2.24, 2.45) is 5.92 Å². The van der Waals surface area contributed by atoms with Crippen LogP contribution in [0.4, 0.5) is 0 Å². The largest absolute Gasteiger partial charge is 0.467 e. The Bertz CT molecular complexity index is 750. The molecule has 132 valence electrons. The van der Waals surface area contributed by atoms with Gasteiger partial charge in [0.05, 0.1) is 7.11 Å². The van der Waals surface area contributed by atoms with Crippen LogP contribution < -0.4 is 5.32 Å². The van der Waals surface area contributed by atoms with Crippen LogP contribution in [0.3, 0.4) is 0 Å². The van der Waals surface area contributed by atoms with Crippen molar-refractivity contribution in [2.45, 2.75) is 44.6 Å². The van der Waals surface area contributed by atoms with E-state index >= 15 is 0 Å². The second-order valence-corrected chi connectivity index (χ2v) is 6.85. The first kappa shape index (κ1) is 17.5. The van der Waals surface area contributed by atoms with E-state index in [1.165, 1.54) is 26.4 Å². The van der Waals surface area contributed by atoms with Crippen LogP contribution in [0.2, 0.25) is 0 Å². The molecule has 1 amide bonds. The maximum absolute atomic E-state index is 12.6. The molecular weight excluding hydrogens is 314 g/mol. The number of fused-ring (bicyclic) bond motifs is 1. The lowest BCUT2D eigenvalue weighted by Crippen LogP contribution is -2.43. The number of benzene rings is 2. The summed E-state index contributed by atoms with van der Waals surface area (Å²) in [5.74, 6) is -0.105. The summed E-state index contributed by atoms with van der Waals surface area (Å²) in [5, 5.41) is 4.98. The molecule has 0 spiro atoms. The fourth-order valence-electron chi connectivity index (χ4n) is 3.68. The number of ether oxygens (including phenoxy) is 1. The van der Waals surface area contributed by atoms with Crippen LogP contribution in [-0.2, 0) is 9.53 Å². The molecule has 4 nitrogen and oxygen atoms in total. The fraction of sp³-hybridized carbons (Fsp3) is 0.429. The van der Waals surface area contributed by atoms with Crippen LogP contribution in [0.5, 0.6) is 0 Å². The van der Waals surface area contributed by atoms with Gasteiger partial charge < -0.3 is 10.1 Å². The number of rotatable bonds is 5. The summed E-state index contributed by atoms with van der Waals surface area (Å²) in [6.45, 7) is 0. The molecule has 1 saturated carbocycles. The third-order valence-corrected chi connectivity index (χ3v) is 5.10. The molecule has 0 radical (unpaired) electrons. The monoisotopic (exact) mass is 339 g/mol. The highest BCUT2D eigenvalue weighted by Gasteiger charge is 2.26. The Morgan fingerprint density at radius 1 is 1.08 bits per heavy atom. The molecule has 2 aromatic carbocycles. The summed E-state index contributed by atoms with van der Waals surface area (Å²) in [5.41, 5.74) is 0.566. The molecule has 1 aliphatic rings. The molecule has 0 heterocycles. The number of nitrogens with one attached hydrogen (secondary N) is 1. The Morgan fingerprint density at radius 2 is 1.80 bits per heavy atom. The van der Waals surface area contributed by atoms with Crippen LogP contribution in [-0.4, -0.2) is 25.0 Å². The molecule has 1 aliphatic carbocycles.